The molecule has 0 amide bonds. The fraction of sp³-hybridized carbons (Fsp3) is 0.0233. The summed E-state index contributed by atoms with van der Waals surface area (Å²) in [6.07, 6.45) is 0. The number of nitrogens with zero attached hydrogens (tertiary/aromatic N) is 1. The second-order valence-electron chi connectivity index (χ2n) is 12.5. The fourth-order valence-corrected chi connectivity index (χ4v) is 7.51. The molecule has 47 heavy (non-hydrogen) atoms. The summed E-state index contributed by atoms with van der Waals surface area (Å²) >= 11 is 0. The van der Waals surface area contributed by atoms with Crippen LogP contribution < -0.4 is 16.2 Å². The average molecular weight is 600 g/mol. The highest BCUT2D eigenvalue weighted by Gasteiger charge is 2.29. The molecule has 1 aliphatic rings. The van der Waals surface area contributed by atoms with Crippen molar-refractivity contribution in [3.05, 3.63) is 151 Å². The van der Waals surface area contributed by atoms with E-state index in [1.807, 2.05) is 6.07 Å². The van der Waals surface area contributed by atoms with Gasteiger partial charge in [0.15, 0.2) is 7.28 Å². The molecule has 0 unspecified atom stereocenters. The van der Waals surface area contributed by atoms with Gasteiger partial charge in [-0.25, -0.2) is 0 Å². The summed E-state index contributed by atoms with van der Waals surface area (Å²) < 4.78 is 8.88. The lowest BCUT2D eigenvalue weighted by Gasteiger charge is -2.25. The van der Waals surface area contributed by atoms with Crippen molar-refractivity contribution in [2.75, 3.05) is 5.32 Å². The van der Waals surface area contributed by atoms with Crippen LogP contribution in [0.25, 0.3) is 71.7 Å². The maximum Gasteiger partial charge on any atom is 0.198 e. The standard InChI is InChI=1S/C43H28BN2O/c1-26-19-21-28(22-20-26)45-36-16-8-5-13-29(36)34-23-32(27-11-3-2-4-12-27)41-31-15-6-9-17-37(31)46-38-24-33-30-14-7-10-18-39(30)47-40(33)25-35(38)44-42(34)43(41)46/h2-25,45H,1H3. The number of nitrogens with one attached hydrogen (secondary N) is 1. The molecule has 3 nitrogen and oxygen atoms in total. The molecule has 1 aliphatic heterocycles. The van der Waals surface area contributed by atoms with E-state index in [0.29, 0.717) is 0 Å². The third-order valence-corrected chi connectivity index (χ3v) is 9.68. The number of anilines is 2. The first kappa shape index (κ1) is 26.2. The van der Waals surface area contributed by atoms with E-state index < -0.39 is 0 Å². The highest BCUT2D eigenvalue weighted by Crippen LogP contribution is 2.43. The quantitative estimate of drug-likeness (QED) is 0.204. The van der Waals surface area contributed by atoms with E-state index in [4.69, 9.17) is 4.42 Å². The molecule has 9 aromatic rings. The second-order valence-corrected chi connectivity index (χ2v) is 12.5. The van der Waals surface area contributed by atoms with Crippen LogP contribution in [-0.4, -0.2) is 11.8 Å². The molecule has 0 spiro atoms. The van der Waals surface area contributed by atoms with Crippen LogP contribution in [0, 0.1) is 6.92 Å². The van der Waals surface area contributed by atoms with Gasteiger partial charge in [-0.05, 0) is 77.6 Å². The number of furan rings is 1. The summed E-state index contributed by atoms with van der Waals surface area (Å²) in [6.45, 7) is 2.12. The van der Waals surface area contributed by atoms with Crippen LogP contribution in [0.2, 0.25) is 0 Å². The Balaban J connectivity index is 1.32. The van der Waals surface area contributed by atoms with Crippen LogP contribution in [0.1, 0.15) is 5.56 Å². The zero-order valence-electron chi connectivity index (χ0n) is 25.8. The van der Waals surface area contributed by atoms with Crippen molar-refractivity contribution >= 4 is 73.3 Å². The number of hydrogen-bond donors (Lipinski definition) is 1. The Hall–Kier alpha value is -6.00. The number of rotatable bonds is 4. The highest BCUT2D eigenvalue weighted by atomic mass is 16.3. The molecule has 0 fully saturated rings. The van der Waals surface area contributed by atoms with Crippen molar-refractivity contribution in [2.24, 2.45) is 0 Å². The predicted molar refractivity (Wildman–Crippen MR) is 198 cm³/mol. The van der Waals surface area contributed by atoms with Gasteiger partial charge in [0.05, 0.1) is 5.52 Å². The van der Waals surface area contributed by atoms with Gasteiger partial charge in [0.1, 0.15) is 11.2 Å². The molecule has 0 saturated heterocycles. The first-order valence-corrected chi connectivity index (χ1v) is 16.1. The molecule has 1 N–H and O–H groups in total. The van der Waals surface area contributed by atoms with Gasteiger partial charge in [-0.2, -0.15) is 0 Å². The molecule has 1 radical (unpaired) electrons. The molecule has 0 bridgehead atoms. The summed E-state index contributed by atoms with van der Waals surface area (Å²) in [5.74, 6) is 0. The average Bonchev–Trinajstić information content (AvgIpc) is 3.66. The van der Waals surface area contributed by atoms with Gasteiger partial charge in [-0.1, -0.05) is 108 Å². The molecule has 10 rings (SSSR count). The minimum atomic E-state index is 0.904. The third kappa shape index (κ3) is 3.95. The van der Waals surface area contributed by atoms with Gasteiger partial charge in [-0.3, -0.25) is 0 Å². The first-order valence-electron chi connectivity index (χ1n) is 16.1. The molecular formula is C43H28BN2O. The van der Waals surface area contributed by atoms with Crippen molar-refractivity contribution in [1.82, 2.24) is 4.57 Å². The Morgan fingerprint density at radius 2 is 1.34 bits per heavy atom. The number of fused-ring (bicyclic) bond motifs is 8. The van der Waals surface area contributed by atoms with Crippen molar-refractivity contribution in [3.8, 4) is 27.9 Å². The Kier molecular flexibility index (Phi) is 5.59. The van der Waals surface area contributed by atoms with Crippen LogP contribution in [0.3, 0.4) is 0 Å². The fourth-order valence-electron chi connectivity index (χ4n) is 7.51. The molecule has 7 aromatic carbocycles. The molecule has 0 atom stereocenters. The van der Waals surface area contributed by atoms with Crippen molar-refractivity contribution in [1.29, 1.82) is 0 Å². The predicted octanol–water partition coefficient (Wildman–Crippen LogP) is 10.0. The van der Waals surface area contributed by atoms with E-state index in [9.17, 15) is 0 Å². The lowest BCUT2D eigenvalue weighted by Crippen LogP contribution is -2.37. The summed E-state index contributed by atoms with van der Waals surface area (Å²) in [5.41, 5.74) is 15.9. The number of aromatic nitrogens is 1. The van der Waals surface area contributed by atoms with Crippen molar-refractivity contribution < 1.29 is 4.42 Å². The molecule has 0 saturated carbocycles. The van der Waals surface area contributed by atoms with Crippen molar-refractivity contribution in [2.45, 2.75) is 6.92 Å². The van der Waals surface area contributed by atoms with Gasteiger partial charge in [-0.15, -0.1) is 0 Å². The number of aryl methyl sites for hydroxylation is 1. The van der Waals surface area contributed by atoms with E-state index in [2.05, 4.69) is 164 Å². The Morgan fingerprint density at radius 1 is 0.596 bits per heavy atom. The van der Waals surface area contributed by atoms with E-state index in [-0.39, 0.29) is 0 Å². The maximum absolute atomic E-state index is 6.40. The molecule has 219 valence electrons. The summed E-state index contributed by atoms with van der Waals surface area (Å²) in [7, 11) is 2.37. The van der Waals surface area contributed by atoms with Crippen LogP contribution in [0.4, 0.5) is 11.4 Å². The highest BCUT2D eigenvalue weighted by molar-refractivity contribution is 6.74. The van der Waals surface area contributed by atoms with E-state index in [0.717, 1.165) is 44.3 Å². The van der Waals surface area contributed by atoms with Gasteiger partial charge >= 0.3 is 0 Å². The number of hydrogen-bond acceptors (Lipinski definition) is 2. The van der Waals surface area contributed by atoms with Gasteiger partial charge in [0.2, 0.25) is 0 Å². The van der Waals surface area contributed by atoms with Gasteiger partial charge in [0.25, 0.3) is 0 Å². The van der Waals surface area contributed by atoms with Crippen LogP contribution >= 0.6 is 0 Å². The Bertz CT molecular complexity index is 2680. The second kappa shape index (κ2) is 10.0. The minimum absolute atomic E-state index is 0.904. The van der Waals surface area contributed by atoms with E-state index in [1.54, 1.807) is 0 Å². The van der Waals surface area contributed by atoms with E-state index >= 15 is 0 Å². The van der Waals surface area contributed by atoms with Crippen LogP contribution in [0.15, 0.2) is 150 Å². The normalized spacial score (nSPS) is 12.1. The summed E-state index contributed by atoms with van der Waals surface area (Å²) in [4.78, 5) is 0. The number of benzene rings is 7. The first-order chi connectivity index (χ1) is 23.2. The molecule has 3 heterocycles. The molecular weight excluding hydrogens is 571 g/mol. The largest absolute Gasteiger partial charge is 0.456 e. The topological polar surface area (TPSA) is 30.1 Å². The number of para-hydroxylation sites is 3. The zero-order valence-corrected chi connectivity index (χ0v) is 25.8. The summed E-state index contributed by atoms with van der Waals surface area (Å²) in [6, 6.07) is 52.2. The van der Waals surface area contributed by atoms with Gasteiger partial charge in [0, 0.05) is 49.7 Å². The minimum Gasteiger partial charge on any atom is -0.456 e. The smallest absolute Gasteiger partial charge is 0.198 e. The monoisotopic (exact) mass is 599 g/mol. The molecule has 4 heteroatoms. The van der Waals surface area contributed by atoms with Gasteiger partial charge < -0.3 is 14.3 Å². The third-order valence-electron chi connectivity index (χ3n) is 9.68. The summed E-state index contributed by atoms with van der Waals surface area (Å²) in [5, 5.41) is 8.53. The Labute approximate surface area is 272 Å². The molecule has 2 aromatic heterocycles. The SMILES string of the molecule is Cc1ccc(Nc2ccccc2-c2cc(-c3ccccc3)c3c4ccccc4n4c3c2[B]c2cc3oc5ccccc5c3cc2-4)cc1. The van der Waals surface area contributed by atoms with Crippen molar-refractivity contribution in [3.63, 3.8) is 0 Å². The van der Waals surface area contributed by atoms with Crippen LogP contribution in [0.5, 0.6) is 0 Å². The van der Waals surface area contributed by atoms with Crippen LogP contribution in [-0.2, 0) is 0 Å². The van der Waals surface area contributed by atoms with E-state index in [1.165, 1.54) is 55.2 Å². The zero-order chi connectivity index (χ0) is 31.1. The molecule has 0 aliphatic carbocycles. The Morgan fingerprint density at radius 3 is 2.21 bits per heavy atom. The lowest BCUT2D eigenvalue weighted by atomic mass is 9.58. The lowest BCUT2D eigenvalue weighted by molar-refractivity contribution is 0.669. The maximum atomic E-state index is 6.40.